The zero-order chi connectivity index (χ0) is 27.4. The number of thioether (sulfide) groups is 1. The van der Waals surface area contributed by atoms with E-state index in [1.54, 1.807) is 56.7 Å². The van der Waals surface area contributed by atoms with Gasteiger partial charge in [-0.25, -0.2) is 0 Å². The summed E-state index contributed by atoms with van der Waals surface area (Å²) in [7, 11) is 3.11. The lowest BCUT2D eigenvalue weighted by molar-refractivity contribution is -0.115. The van der Waals surface area contributed by atoms with Gasteiger partial charge < -0.3 is 18.6 Å². The second-order valence-electron chi connectivity index (χ2n) is 8.75. The van der Waals surface area contributed by atoms with Crippen LogP contribution in [0.15, 0.2) is 80.8 Å². The molecule has 0 radical (unpaired) electrons. The fourth-order valence-corrected chi connectivity index (χ4v) is 4.86. The molecule has 0 bridgehead atoms. The summed E-state index contributed by atoms with van der Waals surface area (Å²) in [6.07, 6.45) is 3.28. The van der Waals surface area contributed by atoms with E-state index in [2.05, 4.69) is 5.32 Å². The lowest BCUT2D eigenvalue weighted by Crippen LogP contribution is -2.17. The van der Waals surface area contributed by atoms with Crippen molar-refractivity contribution in [3.8, 4) is 28.6 Å². The summed E-state index contributed by atoms with van der Waals surface area (Å²) in [6.45, 7) is 0.482. The summed E-state index contributed by atoms with van der Waals surface area (Å²) in [6, 6.07) is 19.8. The molecule has 5 rings (SSSR count). The second kappa shape index (κ2) is 11.5. The van der Waals surface area contributed by atoms with Gasteiger partial charge in [0.15, 0.2) is 16.9 Å². The van der Waals surface area contributed by atoms with E-state index in [0.717, 1.165) is 35.7 Å². The molecule has 3 aromatic carbocycles. The zero-order valence-electron chi connectivity index (χ0n) is 21.3. The van der Waals surface area contributed by atoms with Crippen LogP contribution in [-0.4, -0.2) is 32.0 Å². The molecule has 9 heteroatoms. The standard InChI is InChI=1S/C30H25NO7S/c1-35-24-12-9-20(15-27(24)36-2)25-17-23(32)22-11-10-21(16-26(22)38-25)37-13-3-4-18-5-7-19(8-6-18)14-28-29(33)31-30(34)39-28/h5-12,14-17H,3-4,13H2,1-2H3,(H,31,33,34)/b28-14+. The van der Waals surface area contributed by atoms with Gasteiger partial charge in [-0.05, 0) is 72.1 Å². The van der Waals surface area contributed by atoms with Crippen LogP contribution in [0, 0.1) is 0 Å². The Morgan fingerprint density at radius 1 is 0.897 bits per heavy atom. The van der Waals surface area contributed by atoms with Crippen molar-refractivity contribution in [1.82, 2.24) is 5.32 Å². The highest BCUT2D eigenvalue weighted by Crippen LogP contribution is 2.33. The van der Waals surface area contributed by atoms with Crippen LogP contribution in [-0.2, 0) is 11.2 Å². The molecule has 2 heterocycles. The van der Waals surface area contributed by atoms with Crippen molar-refractivity contribution in [2.75, 3.05) is 20.8 Å². The van der Waals surface area contributed by atoms with E-state index < -0.39 is 0 Å². The van der Waals surface area contributed by atoms with E-state index in [1.807, 2.05) is 24.3 Å². The SMILES string of the molecule is COc1ccc(-c2cc(=O)c3ccc(OCCCc4ccc(/C=C5/SC(=O)NC5=O)cc4)cc3o2)cc1OC. The molecule has 2 amide bonds. The molecule has 198 valence electrons. The van der Waals surface area contributed by atoms with Crippen LogP contribution in [0.1, 0.15) is 17.5 Å². The maximum Gasteiger partial charge on any atom is 0.290 e. The van der Waals surface area contributed by atoms with E-state index in [1.165, 1.54) is 6.07 Å². The van der Waals surface area contributed by atoms with Gasteiger partial charge in [0.05, 0.1) is 31.1 Å². The molecule has 0 unspecified atom stereocenters. The van der Waals surface area contributed by atoms with Gasteiger partial charge in [0.25, 0.3) is 11.1 Å². The van der Waals surface area contributed by atoms with E-state index >= 15 is 0 Å². The van der Waals surface area contributed by atoms with Gasteiger partial charge in [0.2, 0.25) is 0 Å². The summed E-state index contributed by atoms with van der Waals surface area (Å²) in [5.41, 5.74) is 2.96. The molecule has 1 aromatic heterocycles. The Bertz CT molecular complexity index is 1640. The van der Waals surface area contributed by atoms with E-state index in [-0.39, 0.29) is 16.6 Å². The van der Waals surface area contributed by atoms with Crippen molar-refractivity contribution in [3.05, 3.63) is 93.0 Å². The molecular formula is C30H25NO7S. The number of ether oxygens (including phenoxy) is 3. The summed E-state index contributed by atoms with van der Waals surface area (Å²) < 4.78 is 22.7. The average molecular weight is 544 g/mol. The predicted octanol–water partition coefficient (Wildman–Crippen LogP) is 5.81. The molecule has 1 N–H and O–H groups in total. The minimum atomic E-state index is -0.364. The van der Waals surface area contributed by atoms with Crippen LogP contribution in [0.2, 0.25) is 0 Å². The number of fused-ring (bicyclic) bond motifs is 1. The molecule has 1 aliphatic heterocycles. The number of hydrogen-bond donors (Lipinski definition) is 1. The molecule has 1 aliphatic rings. The number of imide groups is 1. The van der Waals surface area contributed by atoms with Gasteiger partial charge in [0.1, 0.15) is 17.1 Å². The van der Waals surface area contributed by atoms with Gasteiger partial charge in [-0.2, -0.15) is 0 Å². The number of aryl methyl sites for hydroxylation is 1. The highest BCUT2D eigenvalue weighted by molar-refractivity contribution is 8.18. The normalized spacial score (nSPS) is 14.1. The molecule has 0 atom stereocenters. The third-order valence-electron chi connectivity index (χ3n) is 6.17. The Morgan fingerprint density at radius 3 is 2.41 bits per heavy atom. The Labute approximate surface area is 228 Å². The lowest BCUT2D eigenvalue weighted by Gasteiger charge is -2.10. The molecular weight excluding hydrogens is 518 g/mol. The highest BCUT2D eigenvalue weighted by atomic mass is 32.2. The van der Waals surface area contributed by atoms with Crippen molar-refractivity contribution in [3.63, 3.8) is 0 Å². The number of nitrogens with one attached hydrogen (secondary N) is 1. The average Bonchev–Trinajstić information content (AvgIpc) is 3.27. The molecule has 8 nitrogen and oxygen atoms in total. The molecule has 0 saturated carbocycles. The first-order chi connectivity index (χ1) is 18.9. The van der Waals surface area contributed by atoms with Crippen LogP contribution >= 0.6 is 11.8 Å². The molecule has 4 aromatic rings. The van der Waals surface area contributed by atoms with Gasteiger partial charge >= 0.3 is 0 Å². The van der Waals surface area contributed by atoms with Crippen molar-refractivity contribution in [1.29, 1.82) is 0 Å². The largest absolute Gasteiger partial charge is 0.493 e. The van der Waals surface area contributed by atoms with Gasteiger partial charge in [-0.15, -0.1) is 0 Å². The minimum absolute atomic E-state index is 0.148. The van der Waals surface area contributed by atoms with Gasteiger partial charge in [0, 0.05) is 17.7 Å². The Hall–Kier alpha value is -4.50. The fourth-order valence-electron chi connectivity index (χ4n) is 4.18. The van der Waals surface area contributed by atoms with Gasteiger partial charge in [-0.3, -0.25) is 19.7 Å². The summed E-state index contributed by atoms with van der Waals surface area (Å²) in [5.74, 6) is 1.79. The number of hydrogen-bond acceptors (Lipinski definition) is 8. The monoisotopic (exact) mass is 543 g/mol. The second-order valence-corrected chi connectivity index (χ2v) is 9.76. The predicted molar refractivity (Wildman–Crippen MR) is 150 cm³/mol. The Kier molecular flexibility index (Phi) is 7.69. The van der Waals surface area contributed by atoms with Crippen LogP contribution in [0.3, 0.4) is 0 Å². The van der Waals surface area contributed by atoms with E-state index in [9.17, 15) is 14.4 Å². The molecule has 0 aliphatic carbocycles. The zero-order valence-corrected chi connectivity index (χ0v) is 22.1. The summed E-state index contributed by atoms with van der Waals surface area (Å²) in [5, 5.41) is 2.37. The molecule has 0 spiro atoms. The van der Waals surface area contributed by atoms with E-state index in [4.69, 9.17) is 18.6 Å². The van der Waals surface area contributed by atoms with Crippen LogP contribution in [0.25, 0.3) is 28.4 Å². The topological polar surface area (TPSA) is 104 Å². The lowest BCUT2D eigenvalue weighted by atomic mass is 10.1. The minimum Gasteiger partial charge on any atom is -0.493 e. The number of carbonyl (C=O) groups excluding carboxylic acids is 2. The van der Waals surface area contributed by atoms with Crippen LogP contribution < -0.4 is 25.0 Å². The van der Waals surface area contributed by atoms with Crippen molar-refractivity contribution >= 4 is 40.0 Å². The fraction of sp³-hybridized carbons (Fsp3) is 0.167. The number of rotatable bonds is 9. The number of carbonyl (C=O) groups is 2. The summed E-state index contributed by atoms with van der Waals surface area (Å²) in [4.78, 5) is 36.1. The Balaban J connectivity index is 1.22. The van der Waals surface area contributed by atoms with Crippen molar-refractivity contribution < 1.29 is 28.2 Å². The van der Waals surface area contributed by atoms with Crippen molar-refractivity contribution in [2.45, 2.75) is 12.8 Å². The number of benzene rings is 3. The number of methoxy groups -OCH3 is 2. The first kappa shape index (κ1) is 26.1. The third-order valence-corrected chi connectivity index (χ3v) is 6.98. The molecule has 1 saturated heterocycles. The van der Waals surface area contributed by atoms with Crippen molar-refractivity contribution in [2.24, 2.45) is 0 Å². The van der Waals surface area contributed by atoms with Crippen LogP contribution in [0.5, 0.6) is 17.2 Å². The highest BCUT2D eigenvalue weighted by Gasteiger charge is 2.24. The quantitative estimate of drug-likeness (QED) is 0.208. The number of amides is 2. The first-order valence-corrected chi connectivity index (χ1v) is 13.0. The first-order valence-electron chi connectivity index (χ1n) is 12.2. The molecule has 1 fully saturated rings. The van der Waals surface area contributed by atoms with Gasteiger partial charge in [-0.1, -0.05) is 24.3 Å². The van der Waals surface area contributed by atoms with Crippen LogP contribution in [0.4, 0.5) is 4.79 Å². The smallest absolute Gasteiger partial charge is 0.290 e. The molecule has 39 heavy (non-hydrogen) atoms. The third kappa shape index (κ3) is 5.99. The maximum atomic E-state index is 12.7. The Morgan fingerprint density at radius 2 is 1.69 bits per heavy atom. The van der Waals surface area contributed by atoms with E-state index in [0.29, 0.717) is 51.1 Å². The maximum absolute atomic E-state index is 12.7. The summed E-state index contributed by atoms with van der Waals surface area (Å²) >= 11 is 0.902.